The van der Waals surface area contributed by atoms with Gasteiger partial charge in [0.25, 0.3) is 0 Å². The van der Waals surface area contributed by atoms with Gasteiger partial charge in [0.1, 0.15) is 11.3 Å². The van der Waals surface area contributed by atoms with Crippen LogP contribution < -0.4 is 0 Å². The first-order valence-corrected chi connectivity index (χ1v) is 7.12. The van der Waals surface area contributed by atoms with Crippen LogP contribution >= 0.6 is 11.6 Å². The summed E-state index contributed by atoms with van der Waals surface area (Å²) < 4.78 is 2.06. The number of fused-ring (bicyclic) bond motifs is 1. The molecule has 2 heterocycles. The first kappa shape index (κ1) is 13.1. The maximum absolute atomic E-state index is 6.08. The van der Waals surface area contributed by atoms with Crippen molar-refractivity contribution in [3.63, 3.8) is 0 Å². The highest BCUT2D eigenvalue weighted by atomic mass is 35.5. The smallest absolute Gasteiger partial charge is 0.164 e. The van der Waals surface area contributed by atoms with Gasteiger partial charge in [0.2, 0.25) is 0 Å². The molecule has 4 heteroatoms. The molecular formula is C16H16ClN3. The van der Waals surface area contributed by atoms with E-state index in [0.29, 0.717) is 5.88 Å². The number of hydrogen-bond acceptors (Lipinski definition) is 2. The van der Waals surface area contributed by atoms with Crippen molar-refractivity contribution >= 4 is 22.8 Å². The van der Waals surface area contributed by atoms with Gasteiger partial charge in [-0.25, -0.2) is 9.97 Å². The Balaban J connectivity index is 2.37. The van der Waals surface area contributed by atoms with E-state index in [1.807, 2.05) is 19.2 Å². The lowest BCUT2D eigenvalue weighted by atomic mass is 10.1. The first-order valence-electron chi connectivity index (χ1n) is 6.58. The molecule has 0 aliphatic rings. The first-order chi connectivity index (χ1) is 9.61. The summed E-state index contributed by atoms with van der Waals surface area (Å²) in [4.78, 5) is 9.13. The Hall–Kier alpha value is -1.87. The highest BCUT2D eigenvalue weighted by Gasteiger charge is 2.15. The number of imidazole rings is 1. The summed E-state index contributed by atoms with van der Waals surface area (Å²) in [6, 6.07) is 8.34. The van der Waals surface area contributed by atoms with E-state index in [4.69, 9.17) is 11.6 Å². The molecule has 0 fully saturated rings. The molecule has 2 aromatic heterocycles. The van der Waals surface area contributed by atoms with Crippen molar-refractivity contribution in [3.8, 4) is 5.69 Å². The summed E-state index contributed by atoms with van der Waals surface area (Å²) in [5, 5.41) is 0. The number of aryl methyl sites for hydroxylation is 3. The van der Waals surface area contributed by atoms with Crippen molar-refractivity contribution in [2.75, 3.05) is 0 Å². The maximum Gasteiger partial charge on any atom is 0.164 e. The Kier molecular flexibility index (Phi) is 3.22. The van der Waals surface area contributed by atoms with Gasteiger partial charge in [-0.1, -0.05) is 17.7 Å². The number of nitrogens with zero attached hydrogens (tertiary/aromatic N) is 3. The summed E-state index contributed by atoms with van der Waals surface area (Å²) in [5.41, 5.74) is 6.43. The highest BCUT2D eigenvalue weighted by molar-refractivity contribution is 6.17. The van der Waals surface area contributed by atoms with Crippen LogP contribution in [0.4, 0.5) is 0 Å². The third-order valence-electron chi connectivity index (χ3n) is 3.53. The van der Waals surface area contributed by atoms with Gasteiger partial charge in [0, 0.05) is 6.20 Å². The Morgan fingerprint density at radius 2 is 1.90 bits per heavy atom. The largest absolute Gasteiger partial charge is 0.279 e. The lowest BCUT2D eigenvalue weighted by molar-refractivity contribution is 0.959. The minimum atomic E-state index is 0.364. The molecule has 20 heavy (non-hydrogen) atoms. The summed E-state index contributed by atoms with van der Waals surface area (Å²) >= 11 is 6.08. The van der Waals surface area contributed by atoms with Gasteiger partial charge in [-0.05, 0) is 44.0 Å². The van der Waals surface area contributed by atoms with Crippen LogP contribution in [-0.2, 0) is 5.88 Å². The van der Waals surface area contributed by atoms with Gasteiger partial charge in [-0.2, -0.15) is 0 Å². The zero-order chi connectivity index (χ0) is 14.3. The highest BCUT2D eigenvalue weighted by Crippen LogP contribution is 2.25. The fourth-order valence-corrected chi connectivity index (χ4v) is 2.72. The van der Waals surface area contributed by atoms with Crippen molar-refractivity contribution < 1.29 is 0 Å². The molecule has 0 aliphatic heterocycles. The molecule has 0 N–H and O–H groups in total. The Bertz CT molecular complexity index is 790. The normalized spacial score (nSPS) is 11.2. The van der Waals surface area contributed by atoms with Crippen molar-refractivity contribution in [3.05, 3.63) is 53.0 Å². The molecule has 0 saturated carbocycles. The second kappa shape index (κ2) is 4.91. The molecule has 0 saturated heterocycles. The fraction of sp³-hybridized carbons (Fsp3) is 0.250. The second-order valence-electron chi connectivity index (χ2n) is 5.09. The minimum absolute atomic E-state index is 0.364. The predicted octanol–water partition coefficient (Wildman–Crippen LogP) is 4.08. The van der Waals surface area contributed by atoms with Crippen LogP contribution in [0.15, 0.2) is 30.5 Å². The molecular weight excluding hydrogens is 270 g/mol. The molecule has 0 spiro atoms. The standard InChI is InChI=1S/C16H16ClN3/c1-10-4-5-13(12(3)8-10)20-14(9-17)19-15-11(2)6-7-18-16(15)20/h4-8H,9H2,1-3H3. The van der Waals surface area contributed by atoms with Crippen LogP contribution in [0.1, 0.15) is 22.5 Å². The van der Waals surface area contributed by atoms with Gasteiger partial charge >= 0.3 is 0 Å². The summed E-state index contributed by atoms with van der Waals surface area (Å²) in [6.07, 6.45) is 1.82. The molecule has 3 nitrogen and oxygen atoms in total. The Morgan fingerprint density at radius 3 is 2.60 bits per heavy atom. The number of halogens is 1. The number of aromatic nitrogens is 3. The molecule has 102 valence electrons. The quantitative estimate of drug-likeness (QED) is 0.664. The number of hydrogen-bond donors (Lipinski definition) is 0. The topological polar surface area (TPSA) is 30.7 Å². The molecule has 0 bridgehead atoms. The van der Waals surface area contributed by atoms with Crippen LogP contribution in [0.25, 0.3) is 16.9 Å². The average molecular weight is 286 g/mol. The van der Waals surface area contributed by atoms with E-state index in [1.54, 1.807) is 0 Å². The average Bonchev–Trinajstić information content (AvgIpc) is 2.79. The van der Waals surface area contributed by atoms with E-state index < -0.39 is 0 Å². The van der Waals surface area contributed by atoms with E-state index in [2.05, 4.69) is 46.6 Å². The van der Waals surface area contributed by atoms with Gasteiger partial charge < -0.3 is 0 Å². The van der Waals surface area contributed by atoms with Crippen molar-refractivity contribution in [2.24, 2.45) is 0 Å². The van der Waals surface area contributed by atoms with Gasteiger partial charge in [0.15, 0.2) is 5.65 Å². The second-order valence-corrected chi connectivity index (χ2v) is 5.35. The molecule has 0 aliphatic carbocycles. The molecule has 3 rings (SSSR count). The number of alkyl halides is 1. The van der Waals surface area contributed by atoms with Crippen molar-refractivity contribution in [2.45, 2.75) is 26.7 Å². The molecule has 0 atom stereocenters. The van der Waals surface area contributed by atoms with Crippen LogP contribution in [0.3, 0.4) is 0 Å². The SMILES string of the molecule is Cc1ccc(-n2c(CCl)nc3c(C)ccnc32)c(C)c1. The Labute approximate surface area is 123 Å². The van der Waals surface area contributed by atoms with Crippen LogP contribution in [0.2, 0.25) is 0 Å². The van der Waals surface area contributed by atoms with E-state index in [9.17, 15) is 0 Å². The lowest BCUT2D eigenvalue weighted by Crippen LogP contribution is -2.02. The fourth-order valence-electron chi connectivity index (χ4n) is 2.54. The summed E-state index contributed by atoms with van der Waals surface area (Å²) in [6.45, 7) is 6.23. The molecule has 0 radical (unpaired) electrons. The van der Waals surface area contributed by atoms with E-state index >= 15 is 0 Å². The lowest BCUT2D eigenvalue weighted by Gasteiger charge is -2.11. The molecule has 3 aromatic rings. The third-order valence-corrected chi connectivity index (χ3v) is 3.77. The Morgan fingerprint density at radius 1 is 1.10 bits per heavy atom. The number of pyridine rings is 1. The predicted molar refractivity (Wildman–Crippen MR) is 82.6 cm³/mol. The molecule has 0 unspecified atom stereocenters. The van der Waals surface area contributed by atoms with Gasteiger partial charge in [0.05, 0.1) is 11.6 Å². The van der Waals surface area contributed by atoms with Crippen molar-refractivity contribution in [1.82, 2.24) is 14.5 Å². The third kappa shape index (κ3) is 1.98. The van der Waals surface area contributed by atoms with E-state index in [1.165, 1.54) is 11.1 Å². The van der Waals surface area contributed by atoms with Crippen LogP contribution in [-0.4, -0.2) is 14.5 Å². The monoisotopic (exact) mass is 285 g/mol. The van der Waals surface area contributed by atoms with Gasteiger partial charge in [-0.3, -0.25) is 4.57 Å². The minimum Gasteiger partial charge on any atom is -0.279 e. The number of benzene rings is 1. The molecule has 1 aromatic carbocycles. The zero-order valence-corrected chi connectivity index (χ0v) is 12.6. The van der Waals surface area contributed by atoms with Crippen LogP contribution in [0.5, 0.6) is 0 Å². The number of rotatable bonds is 2. The van der Waals surface area contributed by atoms with Gasteiger partial charge in [-0.15, -0.1) is 11.6 Å². The molecule has 0 amide bonds. The van der Waals surface area contributed by atoms with Crippen molar-refractivity contribution in [1.29, 1.82) is 0 Å². The maximum atomic E-state index is 6.08. The van der Waals surface area contributed by atoms with Crippen LogP contribution in [0, 0.1) is 20.8 Å². The van der Waals surface area contributed by atoms with E-state index in [-0.39, 0.29) is 0 Å². The summed E-state index contributed by atoms with van der Waals surface area (Å²) in [5.74, 6) is 1.19. The van der Waals surface area contributed by atoms with E-state index in [0.717, 1.165) is 28.2 Å². The summed E-state index contributed by atoms with van der Waals surface area (Å²) in [7, 11) is 0. The zero-order valence-electron chi connectivity index (χ0n) is 11.8.